The first kappa shape index (κ1) is 16.3. The standard InChI is InChI=1S/C14H18ClNO4/c1-9(2)7-12(14(18)19)16-13(17)8-20-11-5-3-10(15)4-6-11/h3-6,9,12H,7-8H2,1-2H3,(H,16,17)(H,18,19). The molecule has 20 heavy (non-hydrogen) atoms. The highest BCUT2D eigenvalue weighted by molar-refractivity contribution is 6.30. The molecule has 1 aromatic rings. The molecule has 6 heteroatoms. The van der Waals surface area contributed by atoms with E-state index in [1.165, 1.54) is 0 Å². The molecule has 0 aliphatic carbocycles. The molecule has 0 heterocycles. The van der Waals surface area contributed by atoms with Gasteiger partial charge >= 0.3 is 5.97 Å². The fourth-order valence-corrected chi connectivity index (χ4v) is 1.73. The Balaban J connectivity index is 2.45. The van der Waals surface area contributed by atoms with Gasteiger partial charge in [-0.1, -0.05) is 25.4 Å². The summed E-state index contributed by atoms with van der Waals surface area (Å²) in [5, 5.41) is 12.0. The van der Waals surface area contributed by atoms with Crippen molar-refractivity contribution in [2.24, 2.45) is 5.92 Å². The third kappa shape index (κ3) is 5.93. The van der Waals surface area contributed by atoms with Crippen molar-refractivity contribution in [2.45, 2.75) is 26.3 Å². The topological polar surface area (TPSA) is 75.6 Å². The van der Waals surface area contributed by atoms with Crippen molar-refractivity contribution in [2.75, 3.05) is 6.61 Å². The average Bonchev–Trinajstić information content (AvgIpc) is 2.36. The molecule has 1 atom stereocenters. The first-order chi connectivity index (χ1) is 9.38. The van der Waals surface area contributed by atoms with E-state index in [1.807, 2.05) is 13.8 Å². The van der Waals surface area contributed by atoms with Crippen LogP contribution in [0.5, 0.6) is 5.75 Å². The SMILES string of the molecule is CC(C)CC(NC(=O)COc1ccc(Cl)cc1)C(=O)O. The number of benzene rings is 1. The molecule has 0 radical (unpaired) electrons. The number of carbonyl (C=O) groups excluding carboxylic acids is 1. The van der Waals surface area contributed by atoms with Crippen LogP contribution in [0.1, 0.15) is 20.3 Å². The molecule has 0 aliphatic heterocycles. The van der Waals surface area contributed by atoms with Crippen LogP contribution in [-0.2, 0) is 9.59 Å². The third-order valence-corrected chi connectivity index (χ3v) is 2.78. The maximum absolute atomic E-state index is 11.7. The fourth-order valence-electron chi connectivity index (χ4n) is 1.61. The Kier molecular flexibility index (Phi) is 6.31. The summed E-state index contributed by atoms with van der Waals surface area (Å²) in [7, 11) is 0. The normalized spacial score (nSPS) is 12.0. The van der Waals surface area contributed by atoms with Gasteiger partial charge in [0.05, 0.1) is 0 Å². The molecular weight excluding hydrogens is 282 g/mol. The van der Waals surface area contributed by atoms with Crippen LogP contribution in [0.25, 0.3) is 0 Å². The maximum Gasteiger partial charge on any atom is 0.326 e. The summed E-state index contributed by atoms with van der Waals surface area (Å²) in [6.45, 7) is 3.56. The lowest BCUT2D eigenvalue weighted by atomic mass is 10.0. The molecule has 0 aromatic heterocycles. The maximum atomic E-state index is 11.7. The molecule has 2 N–H and O–H groups in total. The summed E-state index contributed by atoms with van der Waals surface area (Å²) in [6.07, 6.45) is 0.377. The van der Waals surface area contributed by atoms with Gasteiger partial charge in [0, 0.05) is 5.02 Å². The number of halogens is 1. The smallest absolute Gasteiger partial charge is 0.326 e. The van der Waals surface area contributed by atoms with Crippen LogP contribution in [-0.4, -0.2) is 29.6 Å². The highest BCUT2D eigenvalue weighted by Gasteiger charge is 2.21. The number of amides is 1. The second-order valence-electron chi connectivity index (χ2n) is 4.83. The first-order valence-electron chi connectivity index (χ1n) is 6.29. The van der Waals surface area contributed by atoms with Crippen LogP contribution in [0.15, 0.2) is 24.3 Å². The largest absolute Gasteiger partial charge is 0.484 e. The van der Waals surface area contributed by atoms with Gasteiger partial charge in [-0.15, -0.1) is 0 Å². The summed E-state index contributed by atoms with van der Waals surface area (Å²) in [5.74, 6) is -0.833. The molecular formula is C14H18ClNO4. The predicted molar refractivity (Wildman–Crippen MR) is 76.0 cm³/mol. The van der Waals surface area contributed by atoms with Crippen molar-refractivity contribution in [3.8, 4) is 5.75 Å². The molecule has 0 spiro atoms. The van der Waals surface area contributed by atoms with E-state index in [0.29, 0.717) is 17.2 Å². The molecule has 0 fully saturated rings. The molecule has 110 valence electrons. The van der Waals surface area contributed by atoms with E-state index in [2.05, 4.69) is 5.32 Å². The van der Waals surface area contributed by atoms with Gasteiger partial charge in [-0.05, 0) is 36.6 Å². The van der Waals surface area contributed by atoms with Gasteiger partial charge in [-0.2, -0.15) is 0 Å². The van der Waals surface area contributed by atoms with E-state index in [9.17, 15) is 9.59 Å². The van der Waals surface area contributed by atoms with Crippen LogP contribution in [0.3, 0.4) is 0 Å². The van der Waals surface area contributed by atoms with Gasteiger partial charge in [-0.3, -0.25) is 4.79 Å². The highest BCUT2D eigenvalue weighted by atomic mass is 35.5. The van der Waals surface area contributed by atoms with Crippen LogP contribution in [0.4, 0.5) is 0 Å². The molecule has 0 saturated heterocycles. The minimum atomic E-state index is -1.04. The van der Waals surface area contributed by atoms with Crippen LogP contribution in [0, 0.1) is 5.92 Å². The summed E-state index contributed by atoms with van der Waals surface area (Å²) in [5.41, 5.74) is 0. The minimum Gasteiger partial charge on any atom is -0.484 e. The lowest BCUT2D eigenvalue weighted by Gasteiger charge is -2.16. The van der Waals surface area contributed by atoms with Gasteiger partial charge in [0.15, 0.2) is 6.61 Å². The number of aliphatic carboxylic acids is 1. The second kappa shape index (κ2) is 7.75. The number of rotatable bonds is 7. The number of hydrogen-bond acceptors (Lipinski definition) is 3. The summed E-state index contributed by atoms with van der Waals surface area (Å²) in [4.78, 5) is 22.7. The average molecular weight is 300 g/mol. The van der Waals surface area contributed by atoms with E-state index in [0.717, 1.165) is 0 Å². The van der Waals surface area contributed by atoms with Gasteiger partial charge in [0.1, 0.15) is 11.8 Å². The Morgan fingerprint density at radius 3 is 2.40 bits per heavy atom. The molecule has 5 nitrogen and oxygen atoms in total. The number of carbonyl (C=O) groups is 2. The third-order valence-electron chi connectivity index (χ3n) is 2.52. The first-order valence-corrected chi connectivity index (χ1v) is 6.67. The molecule has 1 rings (SSSR count). The molecule has 1 amide bonds. The zero-order valence-electron chi connectivity index (χ0n) is 11.4. The van der Waals surface area contributed by atoms with Crippen LogP contribution >= 0.6 is 11.6 Å². The lowest BCUT2D eigenvalue weighted by molar-refractivity contribution is -0.142. The zero-order chi connectivity index (χ0) is 15.1. The van der Waals surface area contributed by atoms with E-state index >= 15 is 0 Å². The van der Waals surface area contributed by atoms with Crippen molar-refractivity contribution in [1.82, 2.24) is 5.32 Å². The molecule has 1 aromatic carbocycles. The fraction of sp³-hybridized carbons (Fsp3) is 0.429. The Hall–Kier alpha value is -1.75. The number of nitrogens with one attached hydrogen (secondary N) is 1. The minimum absolute atomic E-state index is 0.175. The Bertz CT molecular complexity index is 459. The predicted octanol–water partition coefficient (Wildman–Crippen LogP) is 2.33. The Morgan fingerprint density at radius 1 is 1.30 bits per heavy atom. The summed E-state index contributed by atoms with van der Waals surface area (Å²) >= 11 is 5.73. The van der Waals surface area contributed by atoms with E-state index in [4.69, 9.17) is 21.4 Å². The zero-order valence-corrected chi connectivity index (χ0v) is 12.2. The Labute approximate surface area is 122 Å². The van der Waals surface area contributed by atoms with Crippen molar-refractivity contribution in [3.63, 3.8) is 0 Å². The summed E-state index contributed by atoms with van der Waals surface area (Å²) in [6, 6.07) is 5.68. The van der Waals surface area contributed by atoms with Gasteiger partial charge < -0.3 is 15.2 Å². The number of ether oxygens (including phenoxy) is 1. The number of carboxylic acids is 1. The van der Waals surface area contributed by atoms with E-state index < -0.39 is 17.9 Å². The Morgan fingerprint density at radius 2 is 1.90 bits per heavy atom. The second-order valence-corrected chi connectivity index (χ2v) is 5.27. The van der Waals surface area contributed by atoms with Gasteiger partial charge in [-0.25, -0.2) is 4.79 Å². The van der Waals surface area contributed by atoms with Crippen LogP contribution < -0.4 is 10.1 Å². The van der Waals surface area contributed by atoms with E-state index in [-0.39, 0.29) is 12.5 Å². The highest BCUT2D eigenvalue weighted by Crippen LogP contribution is 2.15. The van der Waals surface area contributed by atoms with Crippen molar-refractivity contribution in [3.05, 3.63) is 29.3 Å². The lowest BCUT2D eigenvalue weighted by Crippen LogP contribution is -2.43. The van der Waals surface area contributed by atoms with E-state index in [1.54, 1.807) is 24.3 Å². The number of hydrogen-bond donors (Lipinski definition) is 2. The molecule has 0 saturated carbocycles. The van der Waals surface area contributed by atoms with Crippen LogP contribution in [0.2, 0.25) is 5.02 Å². The molecule has 0 bridgehead atoms. The van der Waals surface area contributed by atoms with Crippen molar-refractivity contribution in [1.29, 1.82) is 0 Å². The summed E-state index contributed by atoms with van der Waals surface area (Å²) < 4.78 is 5.24. The van der Waals surface area contributed by atoms with Crippen molar-refractivity contribution < 1.29 is 19.4 Å². The van der Waals surface area contributed by atoms with Crippen molar-refractivity contribution >= 4 is 23.5 Å². The molecule has 1 unspecified atom stereocenters. The molecule has 0 aliphatic rings. The quantitative estimate of drug-likeness (QED) is 0.810. The monoisotopic (exact) mass is 299 g/mol. The number of carboxylic acid groups (broad SMARTS) is 1. The van der Waals surface area contributed by atoms with Gasteiger partial charge in [0.25, 0.3) is 5.91 Å². The van der Waals surface area contributed by atoms with Gasteiger partial charge in [0.2, 0.25) is 0 Å².